The second kappa shape index (κ2) is 6.02. The highest BCUT2D eigenvalue weighted by molar-refractivity contribution is 9.11. The van der Waals surface area contributed by atoms with Crippen molar-refractivity contribution in [3.8, 4) is 0 Å². The zero-order valence-corrected chi connectivity index (χ0v) is 12.4. The number of benzene rings is 1. The number of rotatable bonds is 2. The van der Waals surface area contributed by atoms with E-state index >= 15 is 0 Å². The largest absolute Gasteiger partial charge is 0.455 e. The van der Waals surface area contributed by atoms with Crippen molar-refractivity contribution >= 4 is 44.3 Å². The second-order valence-electron chi connectivity index (χ2n) is 3.26. The molecule has 18 heavy (non-hydrogen) atoms. The summed E-state index contributed by atoms with van der Waals surface area (Å²) in [7, 11) is 0. The lowest BCUT2D eigenvalue weighted by atomic mass is 10.0. The Morgan fingerprint density at radius 3 is 2.00 bits per heavy atom. The van der Waals surface area contributed by atoms with Gasteiger partial charge in [0.25, 0.3) is 0 Å². The zero-order chi connectivity index (χ0) is 13.4. The fraction of sp³-hybridized carbons (Fsp3) is 0.333. The van der Waals surface area contributed by atoms with Crippen LogP contribution in [0.5, 0.6) is 0 Å². The Kier molecular flexibility index (Phi) is 6.05. The Labute approximate surface area is 123 Å². The molecule has 0 aromatic heterocycles. The summed E-state index contributed by atoms with van der Waals surface area (Å²) in [6.07, 6.45) is -5.69. The van der Waals surface area contributed by atoms with E-state index in [-0.39, 0.29) is 22.4 Å². The average molecular weight is 419 g/mol. The number of hydrogen-bond acceptors (Lipinski definition) is 1. The molecule has 0 aliphatic heterocycles. The molecule has 1 aromatic carbocycles. The highest BCUT2D eigenvalue weighted by atomic mass is 79.9. The molecule has 0 radical (unpaired) electrons. The number of halogens is 8. The molecule has 0 aliphatic carbocycles. The van der Waals surface area contributed by atoms with Crippen LogP contribution in [-0.2, 0) is 0 Å². The molecule has 1 rings (SSSR count). The maximum atomic E-state index is 13.0. The molecule has 0 fully saturated rings. The highest BCUT2D eigenvalue weighted by Crippen LogP contribution is 2.45. The van der Waals surface area contributed by atoms with Gasteiger partial charge in [-0.05, 0) is 23.8 Å². The third kappa shape index (κ3) is 3.55. The van der Waals surface area contributed by atoms with E-state index in [1.165, 1.54) is 12.1 Å². The zero-order valence-electron chi connectivity index (χ0n) is 8.44. The van der Waals surface area contributed by atoms with Gasteiger partial charge in [-0.25, -0.2) is 0 Å². The van der Waals surface area contributed by atoms with Crippen LogP contribution in [0.1, 0.15) is 11.6 Å². The predicted molar refractivity (Wildman–Crippen MR) is 67.0 cm³/mol. The summed E-state index contributed by atoms with van der Waals surface area (Å²) in [6, 6.07) is 1.49. The lowest BCUT2D eigenvalue weighted by Gasteiger charge is -2.26. The van der Waals surface area contributed by atoms with E-state index in [1.54, 1.807) is 0 Å². The molecule has 9 heteroatoms. The molecule has 0 heterocycles. The lowest BCUT2D eigenvalue weighted by molar-refractivity contribution is -0.291. The third-order valence-corrected chi connectivity index (χ3v) is 3.28. The van der Waals surface area contributed by atoms with Crippen molar-refractivity contribution < 1.29 is 22.0 Å². The van der Waals surface area contributed by atoms with Crippen molar-refractivity contribution in [1.82, 2.24) is 0 Å². The molecule has 0 bridgehead atoms. The Morgan fingerprint density at radius 2 is 1.56 bits per heavy atom. The minimum absolute atomic E-state index is 0. The first kappa shape index (κ1) is 18.1. The van der Waals surface area contributed by atoms with Crippen LogP contribution in [0, 0.1) is 0 Å². The van der Waals surface area contributed by atoms with Crippen LogP contribution in [0.3, 0.4) is 0 Å². The van der Waals surface area contributed by atoms with Gasteiger partial charge in [0.2, 0.25) is 0 Å². The Morgan fingerprint density at radius 1 is 1.06 bits per heavy atom. The van der Waals surface area contributed by atoms with Crippen LogP contribution in [-0.4, -0.2) is 12.1 Å². The molecule has 0 saturated heterocycles. The van der Waals surface area contributed by atoms with E-state index in [4.69, 9.17) is 5.73 Å². The van der Waals surface area contributed by atoms with Gasteiger partial charge >= 0.3 is 12.1 Å². The maximum absolute atomic E-state index is 13.0. The molecular formula is C9H7Br2ClF5N. The van der Waals surface area contributed by atoms with E-state index < -0.39 is 18.1 Å². The quantitative estimate of drug-likeness (QED) is 0.683. The lowest BCUT2D eigenvalue weighted by Crippen LogP contribution is -2.46. The first-order valence-corrected chi connectivity index (χ1v) is 5.81. The first-order valence-electron chi connectivity index (χ1n) is 4.22. The number of nitrogens with two attached hydrogens (primary N) is 1. The van der Waals surface area contributed by atoms with Gasteiger partial charge in [0.05, 0.1) is 0 Å². The van der Waals surface area contributed by atoms with E-state index in [0.29, 0.717) is 4.47 Å². The minimum atomic E-state index is -5.69. The highest BCUT2D eigenvalue weighted by Gasteiger charge is 2.61. The molecule has 1 atom stereocenters. The van der Waals surface area contributed by atoms with Gasteiger partial charge in [0.1, 0.15) is 6.04 Å². The minimum Gasteiger partial charge on any atom is -0.319 e. The Bertz CT molecular complexity index is 424. The van der Waals surface area contributed by atoms with E-state index in [0.717, 1.165) is 6.07 Å². The van der Waals surface area contributed by atoms with Crippen molar-refractivity contribution in [3.05, 3.63) is 32.7 Å². The van der Waals surface area contributed by atoms with Crippen LogP contribution < -0.4 is 5.73 Å². The van der Waals surface area contributed by atoms with Gasteiger partial charge in [0, 0.05) is 8.95 Å². The number of alkyl halides is 5. The molecule has 0 spiro atoms. The number of hydrogen-bond donors (Lipinski definition) is 1. The van der Waals surface area contributed by atoms with Gasteiger partial charge < -0.3 is 5.73 Å². The van der Waals surface area contributed by atoms with Gasteiger partial charge in [-0.3, -0.25) is 0 Å². The topological polar surface area (TPSA) is 26.0 Å². The summed E-state index contributed by atoms with van der Waals surface area (Å²) in [5.74, 6) is -4.99. The Balaban J connectivity index is 0.00000289. The van der Waals surface area contributed by atoms with Crippen molar-refractivity contribution in [3.63, 3.8) is 0 Å². The molecular weight excluding hydrogens is 412 g/mol. The van der Waals surface area contributed by atoms with Crippen molar-refractivity contribution in [2.45, 2.75) is 18.1 Å². The molecule has 0 unspecified atom stereocenters. The third-order valence-electron chi connectivity index (χ3n) is 2.06. The first-order chi connectivity index (χ1) is 7.57. The fourth-order valence-electron chi connectivity index (χ4n) is 1.12. The van der Waals surface area contributed by atoms with Gasteiger partial charge in [-0.1, -0.05) is 31.9 Å². The normalized spacial score (nSPS) is 14.0. The summed E-state index contributed by atoms with van der Waals surface area (Å²) in [5.41, 5.74) is 4.69. The second-order valence-corrected chi connectivity index (χ2v) is 5.03. The van der Waals surface area contributed by atoms with Crippen LogP contribution in [0.15, 0.2) is 27.1 Å². The molecule has 0 aliphatic rings. The average Bonchev–Trinajstić information content (AvgIpc) is 2.19. The summed E-state index contributed by atoms with van der Waals surface area (Å²) < 4.78 is 63.0. The van der Waals surface area contributed by atoms with Gasteiger partial charge in [-0.15, -0.1) is 12.4 Å². The summed E-state index contributed by atoms with van der Waals surface area (Å²) in [4.78, 5) is 0. The van der Waals surface area contributed by atoms with Gasteiger partial charge in [-0.2, -0.15) is 22.0 Å². The summed E-state index contributed by atoms with van der Waals surface area (Å²) >= 11 is 5.87. The van der Waals surface area contributed by atoms with E-state index in [1.807, 2.05) is 0 Å². The molecule has 0 saturated carbocycles. The molecule has 104 valence electrons. The van der Waals surface area contributed by atoms with Crippen LogP contribution in [0.4, 0.5) is 22.0 Å². The van der Waals surface area contributed by atoms with Crippen molar-refractivity contribution in [2.24, 2.45) is 5.73 Å². The van der Waals surface area contributed by atoms with E-state index in [2.05, 4.69) is 31.9 Å². The SMILES string of the molecule is Cl.N[C@H](c1cc(Br)ccc1Br)C(F)(F)C(F)(F)F. The standard InChI is InChI=1S/C9H6Br2F5N.ClH/c10-4-1-2-6(11)5(3-4)7(17)8(12,13)9(14,15)16;/h1-3,7H,17H2;1H/t7-;/m1./s1. The molecule has 1 nitrogen and oxygen atoms in total. The summed E-state index contributed by atoms with van der Waals surface area (Å²) in [5, 5.41) is 0. The fourth-order valence-corrected chi connectivity index (χ4v) is 2.00. The molecule has 2 N–H and O–H groups in total. The van der Waals surface area contributed by atoms with Crippen molar-refractivity contribution in [1.29, 1.82) is 0 Å². The Hall–Kier alpha value is 0.0800. The maximum Gasteiger partial charge on any atom is 0.455 e. The summed E-state index contributed by atoms with van der Waals surface area (Å²) in [6.45, 7) is 0. The predicted octanol–water partition coefficient (Wildman–Crippen LogP) is 4.83. The van der Waals surface area contributed by atoms with E-state index in [9.17, 15) is 22.0 Å². The molecule has 1 aromatic rings. The van der Waals surface area contributed by atoms with Crippen LogP contribution >= 0.6 is 44.3 Å². The smallest absolute Gasteiger partial charge is 0.319 e. The van der Waals surface area contributed by atoms with Gasteiger partial charge in [0.15, 0.2) is 0 Å². The molecule has 0 amide bonds. The monoisotopic (exact) mass is 417 g/mol. The van der Waals surface area contributed by atoms with Crippen molar-refractivity contribution in [2.75, 3.05) is 0 Å². The van der Waals surface area contributed by atoms with Crippen LogP contribution in [0.25, 0.3) is 0 Å². The van der Waals surface area contributed by atoms with Crippen LogP contribution in [0.2, 0.25) is 0 Å².